The minimum absolute atomic E-state index is 0.162. The molecule has 1 aromatic heterocycles. The molecule has 112 valence electrons. The first-order chi connectivity index (χ1) is 10.1. The Hall–Kier alpha value is -1.61. The molecule has 3 nitrogen and oxygen atoms in total. The molecule has 0 aliphatic heterocycles. The second-order valence-electron chi connectivity index (χ2n) is 6.51. The predicted octanol–water partition coefficient (Wildman–Crippen LogP) is 3.27. The standard InChI is InChI=1S/C18H24N2O/c1-14(2)20-11-9-16(19-20)12-18(13-21)10-5-7-15-6-3-4-8-17(15)18/h3-4,6,8-9,11,14,21H,5,7,10,12-13H2,1-2H3. The highest BCUT2D eigenvalue weighted by atomic mass is 16.3. The molecular formula is C18H24N2O. The maximum absolute atomic E-state index is 10.1. The quantitative estimate of drug-likeness (QED) is 0.935. The van der Waals surface area contributed by atoms with Crippen molar-refractivity contribution in [3.8, 4) is 0 Å². The molecule has 3 rings (SSSR count). The Labute approximate surface area is 126 Å². The van der Waals surface area contributed by atoms with Crippen molar-refractivity contribution in [3.63, 3.8) is 0 Å². The lowest BCUT2D eigenvalue weighted by Crippen LogP contribution is -2.37. The van der Waals surface area contributed by atoms with E-state index < -0.39 is 0 Å². The summed E-state index contributed by atoms with van der Waals surface area (Å²) < 4.78 is 2.00. The van der Waals surface area contributed by atoms with Crippen LogP contribution in [0.15, 0.2) is 36.5 Å². The van der Waals surface area contributed by atoms with E-state index in [1.54, 1.807) is 0 Å². The van der Waals surface area contributed by atoms with Gasteiger partial charge in [-0.25, -0.2) is 0 Å². The molecule has 1 aromatic carbocycles. The summed E-state index contributed by atoms with van der Waals surface area (Å²) in [5.74, 6) is 0. The van der Waals surface area contributed by atoms with Crippen LogP contribution in [-0.4, -0.2) is 21.5 Å². The van der Waals surface area contributed by atoms with E-state index in [9.17, 15) is 5.11 Å². The Morgan fingerprint density at radius 3 is 2.81 bits per heavy atom. The van der Waals surface area contributed by atoms with Gasteiger partial charge >= 0.3 is 0 Å². The Morgan fingerprint density at radius 2 is 2.10 bits per heavy atom. The summed E-state index contributed by atoms with van der Waals surface area (Å²) in [5.41, 5.74) is 3.62. The van der Waals surface area contributed by atoms with Gasteiger partial charge in [0.05, 0.1) is 12.3 Å². The molecule has 0 saturated heterocycles. The Bertz CT molecular complexity index is 617. The molecule has 21 heavy (non-hydrogen) atoms. The molecule has 1 heterocycles. The van der Waals surface area contributed by atoms with Crippen molar-refractivity contribution in [1.29, 1.82) is 0 Å². The number of rotatable bonds is 4. The van der Waals surface area contributed by atoms with E-state index in [4.69, 9.17) is 0 Å². The van der Waals surface area contributed by atoms with Crippen molar-refractivity contribution in [1.82, 2.24) is 9.78 Å². The minimum Gasteiger partial charge on any atom is -0.395 e. The third-order valence-electron chi connectivity index (χ3n) is 4.70. The molecule has 0 amide bonds. The van der Waals surface area contributed by atoms with Crippen LogP contribution in [0.25, 0.3) is 0 Å². The Kier molecular flexibility index (Phi) is 3.85. The SMILES string of the molecule is CC(C)n1ccc(CC2(CO)CCCc3ccccc32)n1. The first kappa shape index (κ1) is 14.3. The molecule has 1 aliphatic carbocycles. The number of aromatic nitrogens is 2. The fourth-order valence-electron chi connectivity index (χ4n) is 3.52. The summed E-state index contributed by atoms with van der Waals surface area (Å²) in [4.78, 5) is 0. The van der Waals surface area contributed by atoms with Gasteiger partial charge in [-0.15, -0.1) is 0 Å². The molecule has 0 fully saturated rings. The van der Waals surface area contributed by atoms with Crippen LogP contribution in [0.2, 0.25) is 0 Å². The van der Waals surface area contributed by atoms with Crippen LogP contribution in [0.4, 0.5) is 0 Å². The number of nitrogens with zero attached hydrogens (tertiary/aromatic N) is 2. The van der Waals surface area contributed by atoms with Gasteiger partial charge in [0.25, 0.3) is 0 Å². The molecule has 2 aromatic rings. The van der Waals surface area contributed by atoms with E-state index >= 15 is 0 Å². The summed E-state index contributed by atoms with van der Waals surface area (Å²) in [5, 5.41) is 14.8. The normalized spacial score (nSPS) is 21.5. The van der Waals surface area contributed by atoms with Crippen molar-refractivity contribution in [2.45, 2.75) is 51.0 Å². The number of hydrogen-bond donors (Lipinski definition) is 1. The van der Waals surface area contributed by atoms with Crippen molar-refractivity contribution in [2.75, 3.05) is 6.61 Å². The van der Waals surface area contributed by atoms with Crippen LogP contribution in [0, 0.1) is 0 Å². The monoisotopic (exact) mass is 284 g/mol. The zero-order valence-electron chi connectivity index (χ0n) is 12.9. The lowest BCUT2D eigenvalue weighted by molar-refractivity contribution is 0.172. The lowest BCUT2D eigenvalue weighted by Gasteiger charge is -2.37. The maximum Gasteiger partial charge on any atom is 0.0634 e. The second-order valence-corrected chi connectivity index (χ2v) is 6.51. The van der Waals surface area contributed by atoms with Gasteiger partial charge in [0.15, 0.2) is 0 Å². The summed E-state index contributed by atoms with van der Waals surface area (Å²) >= 11 is 0. The molecular weight excluding hydrogens is 260 g/mol. The van der Waals surface area contributed by atoms with Crippen molar-refractivity contribution < 1.29 is 5.11 Å². The fourth-order valence-corrected chi connectivity index (χ4v) is 3.52. The molecule has 0 bridgehead atoms. The average molecular weight is 284 g/mol. The molecule has 3 heteroatoms. The number of benzene rings is 1. The predicted molar refractivity (Wildman–Crippen MR) is 84.5 cm³/mol. The highest BCUT2D eigenvalue weighted by Crippen LogP contribution is 2.39. The third-order valence-corrected chi connectivity index (χ3v) is 4.70. The first-order valence-electron chi connectivity index (χ1n) is 7.88. The smallest absolute Gasteiger partial charge is 0.0634 e. The van der Waals surface area contributed by atoms with Crippen LogP contribution in [-0.2, 0) is 18.3 Å². The summed E-state index contributed by atoms with van der Waals surface area (Å²) in [6.07, 6.45) is 6.16. The highest BCUT2D eigenvalue weighted by molar-refractivity contribution is 5.38. The van der Waals surface area contributed by atoms with Gasteiger partial charge in [0.2, 0.25) is 0 Å². The number of hydrogen-bond acceptors (Lipinski definition) is 2. The van der Waals surface area contributed by atoms with Crippen molar-refractivity contribution in [2.24, 2.45) is 0 Å². The molecule has 1 aliphatic rings. The molecule has 1 unspecified atom stereocenters. The largest absolute Gasteiger partial charge is 0.395 e. The number of fused-ring (bicyclic) bond motifs is 1. The molecule has 1 N–H and O–H groups in total. The van der Waals surface area contributed by atoms with E-state index in [2.05, 4.69) is 49.3 Å². The molecule has 0 spiro atoms. The summed E-state index contributed by atoms with van der Waals surface area (Å²) in [7, 11) is 0. The topological polar surface area (TPSA) is 38.0 Å². The van der Waals surface area contributed by atoms with Gasteiger partial charge in [-0.05, 0) is 50.3 Å². The Morgan fingerprint density at radius 1 is 1.29 bits per heavy atom. The zero-order chi connectivity index (χ0) is 14.9. The van der Waals surface area contributed by atoms with Gasteiger partial charge in [-0.2, -0.15) is 5.10 Å². The van der Waals surface area contributed by atoms with Gasteiger partial charge in [-0.3, -0.25) is 4.68 Å². The Balaban J connectivity index is 1.94. The lowest BCUT2D eigenvalue weighted by atomic mass is 9.68. The zero-order valence-corrected chi connectivity index (χ0v) is 12.9. The summed E-state index contributed by atoms with van der Waals surface area (Å²) in [6, 6.07) is 11.0. The van der Waals surface area contributed by atoms with Gasteiger partial charge < -0.3 is 5.11 Å². The average Bonchev–Trinajstić information content (AvgIpc) is 2.96. The minimum atomic E-state index is -0.162. The van der Waals surface area contributed by atoms with E-state index in [1.807, 2.05) is 10.9 Å². The number of aliphatic hydroxyl groups is 1. The van der Waals surface area contributed by atoms with Crippen LogP contribution >= 0.6 is 0 Å². The molecule has 1 atom stereocenters. The van der Waals surface area contributed by atoms with E-state index in [-0.39, 0.29) is 12.0 Å². The van der Waals surface area contributed by atoms with Crippen LogP contribution in [0.1, 0.15) is 49.6 Å². The molecule has 0 radical (unpaired) electrons. The van der Waals surface area contributed by atoms with Gasteiger partial charge in [0, 0.05) is 24.1 Å². The van der Waals surface area contributed by atoms with Crippen molar-refractivity contribution in [3.05, 3.63) is 53.3 Å². The maximum atomic E-state index is 10.1. The first-order valence-corrected chi connectivity index (χ1v) is 7.88. The van der Waals surface area contributed by atoms with Crippen LogP contribution in [0.5, 0.6) is 0 Å². The van der Waals surface area contributed by atoms with E-state index in [0.717, 1.165) is 31.4 Å². The summed E-state index contributed by atoms with van der Waals surface area (Å²) in [6.45, 7) is 4.46. The van der Waals surface area contributed by atoms with E-state index in [1.165, 1.54) is 11.1 Å². The second kappa shape index (κ2) is 5.64. The van der Waals surface area contributed by atoms with Crippen LogP contribution < -0.4 is 0 Å². The number of aryl methyl sites for hydroxylation is 1. The van der Waals surface area contributed by atoms with Crippen LogP contribution in [0.3, 0.4) is 0 Å². The fraction of sp³-hybridized carbons (Fsp3) is 0.500. The number of aliphatic hydroxyl groups excluding tert-OH is 1. The molecule has 0 saturated carbocycles. The van der Waals surface area contributed by atoms with Gasteiger partial charge in [-0.1, -0.05) is 24.3 Å². The van der Waals surface area contributed by atoms with Gasteiger partial charge in [0.1, 0.15) is 0 Å². The third kappa shape index (κ3) is 2.62. The van der Waals surface area contributed by atoms with Crippen molar-refractivity contribution >= 4 is 0 Å². The highest BCUT2D eigenvalue weighted by Gasteiger charge is 2.36. The van der Waals surface area contributed by atoms with E-state index in [0.29, 0.717) is 6.04 Å².